The molecule has 0 amide bonds. The smallest absolute Gasteiger partial charge is 0.415 e. The molecule has 2 fully saturated rings. The van der Waals surface area contributed by atoms with Crippen LogP contribution in [0.1, 0.15) is 25.7 Å². The lowest BCUT2D eigenvalue weighted by atomic mass is 9.90. The lowest BCUT2D eigenvalue weighted by Gasteiger charge is -2.22. The third-order valence-corrected chi connectivity index (χ3v) is 4.22. The number of halogens is 2. The van der Waals surface area contributed by atoms with Crippen molar-refractivity contribution in [1.29, 1.82) is 0 Å². The number of carbonyl (C=O) groups is 1. The molecule has 2 rings (SSSR count). The van der Waals surface area contributed by atoms with Gasteiger partial charge in [0.15, 0.2) is 0 Å². The molecule has 3 atom stereocenters. The van der Waals surface area contributed by atoms with E-state index in [1.54, 1.807) is 0 Å². The Morgan fingerprint density at radius 3 is 2.72 bits per heavy atom. The van der Waals surface area contributed by atoms with E-state index in [0.29, 0.717) is 11.8 Å². The van der Waals surface area contributed by atoms with Crippen LogP contribution in [-0.4, -0.2) is 23.1 Å². The molecule has 18 heavy (non-hydrogen) atoms. The first-order valence-electron chi connectivity index (χ1n) is 5.74. The molecular weight excluding hydrogens is 270 g/mol. The van der Waals surface area contributed by atoms with Gasteiger partial charge in [0.05, 0.1) is 6.61 Å². The number of esters is 1. The molecule has 5 nitrogen and oxygen atoms in total. The Morgan fingerprint density at radius 1 is 1.39 bits per heavy atom. The molecule has 0 aliphatic heterocycles. The average Bonchev–Trinajstić information content (AvgIpc) is 2.95. The molecule has 2 aliphatic rings. The molecule has 2 bridgehead atoms. The molecule has 3 unspecified atom stereocenters. The van der Waals surface area contributed by atoms with Crippen molar-refractivity contribution in [2.45, 2.75) is 30.9 Å². The fourth-order valence-corrected chi connectivity index (χ4v) is 3.18. The standard InChI is InChI=1S/C10H14F2O5S/c11-10(12,18-17-16-14)9(13)15-5-8-4-6-1-2-7(8)3-6/h6-8,14H,1-5H2. The van der Waals surface area contributed by atoms with Gasteiger partial charge in [-0.1, -0.05) is 11.5 Å². The SMILES string of the molecule is O=C(OCC1CC2CCC1C2)C(F)(F)SOOO. The number of fused-ring (bicyclic) bond motifs is 2. The quantitative estimate of drug-likeness (QED) is 0.350. The molecule has 1 N–H and O–H groups in total. The molecule has 2 aliphatic carbocycles. The van der Waals surface area contributed by atoms with Crippen molar-refractivity contribution in [3.63, 3.8) is 0 Å². The van der Waals surface area contributed by atoms with Crippen LogP contribution in [0.5, 0.6) is 0 Å². The zero-order valence-electron chi connectivity index (χ0n) is 9.51. The van der Waals surface area contributed by atoms with Gasteiger partial charge in [-0.15, -0.1) is 4.33 Å². The number of hydrogen-bond acceptors (Lipinski definition) is 6. The minimum absolute atomic E-state index is 0.0239. The van der Waals surface area contributed by atoms with E-state index in [-0.39, 0.29) is 12.5 Å². The average molecular weight is 284 g/mol. The lowest BCUT2D eigenvalue weighted by Crippen LogP contribution is -2.30. The monoisotopic (exact) mass is 284 g/mol. The summed E-state index contributed by atoms with van der Waals surface area (Å²) in [6.07, 6.45) is 4.37. The summed E-state index contributed by atoms with van der Waals surface area (Å²) in [5.41, 5.74) is 0. The molecule has 2 saturated carbocycles. The zero-order chi connectivity index (χ0) is 13.2. The Morgan fingerprint density at radius 2 is 2.17 bits per heavy atom. The summed E-state index contributed by atoms with van der Waals surface area (Å²) < 4.78 is 34.3. The Bertz CT molecular complexity index is 315. The molecule has 0 saturated heterocycles. The zero-order valence-corrected chi connectivity index (χ0v) is 10.3. The normalized spacial score (nSPS) is 30.7. The Balaban J connectivity index is 1.74. The van der Waals surface area contributed by atoms with E-state index in [2.05, 4.69) is 14.1 Å². The third-order valence-electron chi connectivity index (χ3n) is 3.72. The molecule has 0 radical (unpaired) electrons. The first kappa shape index (κ1) is 14.0. The molecule has 0 aromatic heterocycles. The van der Waals surface area contributed by atoms with Crippen molar-refractivity contribution in [2.75, 3.05) is 6.61 Å². The summed E-state index contributed by atoms with van der Waals surface area (Å²) in [5, 5.41) is 6.89. The van der Waals surface area contributed by atoms with Gasteiger partial charge in [0.2, 0.25) is 0 Å². The van der Waals surface area contributed by atoms with Crippen LogP contribution < -0.4 is 0 Å². The second kappa shape index (κ2) is 5.68. The van der Waals surface area contributed by atoms with Crippen molar-refractivity contribution in [2.24, 2.45) is 17.8 Å². The lowest BCUT2D eigenvalue weighted by molar-refractivity contribution is -0.433. The van der Waals surface area contributed by atoms with E-state index >= 15 is 0 Å². The van der Waals surface area contributed by atoms with Gasteiger partial charge in [-0.05, 0) is 37.0 Å². The van der Waals surface area contributed by atoms with Crippen LogP contribution in [0.2, 0.25) is 0 Å². The van der Waals surface area contributed by atoms with Gasteiger partial charge in [0, 0.05) is 0 Å². The molecule has 0 heterocycles. The van der Waals surface area contributed by atoms with Crippen LogP contribution in [0.15, 0.2) is 0 Å². The van der Waals surface area contributed by atoms with E-state index in [1.165, 1.54) is 6.42 Å². The highest BCUT2D eigenvalue weighted by molar-refractivity contribution is 7.96. The predicted molar refractivity (Wildman–Crippen MR) is 57.2 cm³/mol. The summed E-state index contributed by atoms with van der Waals surface area (Å²) >= 11 is -0.595. The van der Waals surface area contributed by atoms with Gasteiger partial charge in [0.1, 0.15) is 12.0 Å². The third kappa shape index (κ3) is 3.11. The number of alkyl halides is 2. The fraction of sp³-hybridized carbons (Fsp3) is 0.900. The predicted octanol–water partition coefficient (Wildman–Crippen LogP) is 2.63. The van der Waals surface area contributed by atoms with E-state index in [1.807, 2.05) is 0 Å². The van der Waals surface area contributed by atoms with Gasteiger partial charge >= 0.3 is 11.2 Å². The Hall–Kier alpha value is -0.440. The summed E-state index contributed by atoms with van der Waals surface area (Å²) in [4.78, 5) is 11.1. The molecule has 0 spiro atoms. The summed E-state index contributed by atoms with van der Waals surface area (Å²) in [5.74, 6) is -0.309. The van der Waals surface area contributed by atoms with Gasteiger partial charge in [-0.3, -0.25) is 0 Å². The largest absolute Gasteiger partial charge is 0.460 e. The number of carbonyl (C=O) groups excluding carboxylic acids is 1. The summed E-state index contributed by atoms with van der Waals surface area (Å²) in [6.45, 7) is 0.0239. The van der Waals surface area contributed by atoms with Gasteiger partial charge in [-0.25, -0.2) is 10.1 Å². The minimum atomic E-state index is -3.89. The Labute approximate surface area is 107 Å². The molecule has 0 aromatic rings. The minimum Gasteiger partial charge on any atom is -0.460 e. The van der Waals surface area contributed by atoms with Crippen LogP contribution in [0, 0.1) is 17.8 Å². The summed E-state index contributed by atoms with van der Waals surface area (Å²) in [7, 11) is 0. The van der Waals surface area contributed by atoms with Gasteiger partial charge in [0.25, 0.3) is 0 Å². The highest BCUT2D eigenvalue weighted by Gasteiger charge is 2.46. The van der Waals surface area contributed by atoms with Crippen molar-refractivity contribution in [3.8, 4) is 0 Å². The second-order valence-corrected chi connectivity index (χ2v) is 5.59. The first-order valence-corrected chi connectivity index (χ1v) is 6.48. The van der Waals surface area contributed by atoms with Crippen LogP contribution in [0.4, 0.5) is 8.78 Å². The Kier molecular flexibility index (Phi) is 4.41. The topological polar surface area (TPSA) is 65.0 Å². The van der Waals surface area contributed by atoms with Crippen LogP contribution in [-0.2, 0) is 18.9 Å². The number of hydrogen-bond donors (Lipinski definition) is 1. The van der Waals surface area contributed by atoms with Crippen molar-refractivity contribution in [1.82, 2.24) is 0 Å². The molecule has 8 heteroatoms. The molecular formula is C10H14F2O5S. The van der Waals surface area contributed by atoms with Crippen LogP contribution in [0.3, 0.4) is 0 Å². The maximum atomic E-state index is 13.0. The van der Waals surface area contributed by atoms with E-state index in [9.17, 15) is 13.6 Å². The maximum Gasteiger partial charge on any atom is 0.415 e. The molecule has 104 valence electrons. The number of rotatable bonds is 6. The summed E-state index contributed by atoms with van der Waals surface area (Å²) in [6, 6.07) is 0. The van der Waals surface area contributed by atoms with Crippen molar-refractivity contribution >= 4 is 18.0 Å². The second-order valence-electron chi connectivity index (χ2n) is 4.78. The van der Waals surface area contributed by atoms with Gasteiger partial charge < -0.3 is 4.74 Å². The first-order chi connectivity index (χ1) is 8.53. The maximum absolute atomic E-state index is 13.0. The highest BCUT2D eigenvalue weighted by Crippen LogP contribution is 2.48. The van der Waals surface area contributed by atoms with Crippen molar-refractivity contribution < 1.29 is 32.9 Å². The van der Waals surface area contributed by atoms with Crippen LogP contribution in [0.25, 0.3) is 0 Å². The van der Waals surface area contributed by atoms with Gasteiger partial charge in [-0.2, -0.15) is 8.78 Å². The molecule has 0 aromatic carbocycles. The van der Waals surface area contributed by atoms with E-state index in [0.717, 1.165) is 19.3 Å². The van der Waals surface area contributed by atoms with E-state index < -0.39 is 23.3 Å². The number of ether oxygens (including phenoxy) is 1. The van der Waals surface area contributed by atoms with E-state index in [4.69, 9.17) is 5.26 Å². The van der Waals surface area contributed by atoms with Crippen molar-refractivity contribution in [3.05, 3.63) is 0 Å². The van der Waals surface area contributed by atoms with Crippen LogP contribution >= 0.6 is 12.0 Å². The highest BCUT2D eigenvalue weighted by atomic mass is 32.2. The fourth-order valence-electron chi connectivity index (χ4n) is 2.94.